The van der Waals surface area contributed by atoms with E-state index < -0.39 is 0 Å². The molecular formula is C45H32N4OS. The number of hydrogen-bond donors (Lipinski definition) is 1. The van der Waals surface area contributed by atoms with Gasteiger partial charge < -0.3 is 14.7 Å². The third kappa shape index (κ3) is 4.90. The topological polar surface area (TPSA) is 68.8 Å². The number of hydrogen-bond acceptors (Lipinski definition) is 3. The van der Waals surface area contributed by atoms with Crippen LogP contribution in [0.1, 0.15) is 17.5 Å². The van der Waals surface area contributed by atoms with E-state index >= 15 is 0 Å². The normalized spacial score (nSPS) is 15.6. The van der Waals surface area contributed by atoms with Crippen LogP contribution in [0.25, 0.3) is 69.6 Å². The van der Waals surface area contributed by atoms with Gasteiger partial charge in [-0.2, -0.15) is 0 Å². The number of amidine groups is 2. The van der Waals surface area contributed by atoms with Gasteiger partial charge in [0.1, 0.15) is 17.0 Å². The first kappa shape index (κ1) is 29.7. The van der Waals surface area contributed by atoms with Crippen LogP contribution in [0.3, 0.4) is 0 Å². The Morgan fingerprint density at radius 1 is 0.706 bits per heavy atom. The molecule has 9 aromatic rings. The summed E-state index contributed by atoms with van der Waals surface area (Å²) in [6.07, 6.45) is 7.56. The molecule has 5 nitrogen and oxygen atoms in total. The zero-order chi connectivity index (χ0) is 33.9. The zero-order valence-electron chi connectivity index (χ0n) is 27.7. The fourth-order valence-electron chi connectivity index (χ4n) is 7.72. The number of benzene rings is 6. The predicted molar refractivity (Wildman–Crippen MR) is 216 cm³/mol. The van der Waals surface area contributed by atoms with E-state index in [0.29, 0.717) is 18.2 Å². The monoisotopic (exact) mass is 676 g/mol. The van der Waals surface area contributed by atoms with Crippen LogP contribution >= 0.6 is 11.3 Å². The van der Waals surface area contributed by atoms with Gasteiger partial charge in [0.2, 0.25) is 0 Å². The number of fused-ring (bicyclic) bond motifs is 10. The van der Waals surface area contributed by atoms with Gasteiger partial charge in [0.25, 0.3) is 0 Å². The number of thiophene rings is 1. The number of nitrogens with zero attached hydrogens (tertiary/aromatic N) is 3. The molecule has 0 saturated carbocycles. The quantitative estimate of drug-likeness (QED) is 0.146. The van der Waals surface area contributed by atoms with Crippen molar-refractivity contribution in [3.05, 3.63) is 163 Å². The third-order valence-electron chi connectivity index (χ3n) is 10.0. The number of para-hydroxylation sites is 2. The average Bonchev–Trinajstić information content (AvgIpc) is 3.86. The average molecular weight is 677 g/mol. The van der Waals surface area contributed by atoms with Gasteiger partial charge in [-0.15, -0.1) is 11.3 Å². The molecule has 2 N–H and O–H groups in total. The maximum atomic E-state index is 6.66. The van der Waals surface area contributed by atoms with E-state index in [9.17, 15) is 0 Å². The summed E-state index contributed by atoms with van der Waals surface area (Å²) in [4.78, 5) is 10.3. The second kappa shape index (κ2) is 12.0. The van der Waals surface area contributed by atoms with Crippen LogP contribution in [0.4, 0.5) is 0 Å². The first-order chi connectivity index (χ1) is 25.2. The summed E-state index contributed by atoms with van der Waals surface area (Å²) < 4.78 is 11.4. The SMILES string of the molecule is NC(=NC(=NCC1C=CC=C(n2c3ccccc3c3ccc4sc5ccccc5c4c32)C1)c1cccc2oc3ccccc3c12)c1ccccc1. The summed E-state index contributed by atoms with van der Waals surface area (Å²) in [5.74, 6) is 1.18. The largest absolute Gasteiger partial charge is 0.456 e. The Labute approximate surface area is 298 Å². The van der Waals surface area contributed by atoms with Crippen LogP contribution < -0.4 is 5.73 Å². The van der Waals surface area contributed by atoms with Crippen molar-refractivity contribution in [2.75, 3.05) is 6.54 Å². The third-order valence-corrected chi connectivity index (χ3v) is 11.2. The molecule has 6 aromatic carbocycles. The van der Waals surface area contributed by atoms with Crippen molar-refractivity contribution in [2.24, 2.45) is 21.6 Å². The maximum absolute atomic E-state index is 6.66. The molecule has 51 heavy (non-hydrogen) atoms. The van der Waals surface area contributed by atoms with Gasteiger partial charge in [-0.25, -0.2) is 4.99 Å². The molecule has 1 aliphatic carbocycles. The highest BCUT2D eigenvalue weighted by atomic mass is 32.1. The van der Waals surface area contributed by atoms with Crippen molar-refractivity contribution in [1.29, 1.82) is 0 Å². The molecule has 0 radical (unpaired) electrons. The highest BCUT2D eigenvalue weighted by Crippen LogP contribution is 2.44. The fraction of sp³-hybridized carbons (Fsp3) is 0.0667. The molecule has 244 valence electrons. The minimum Gasteiger partial charge on any atom is -0.456 e. The minimum absolute atomic E-state index is 0.156. The molecule has 3 aromatic heterocycles. The molecule has 0 amide bonds. The van der Waals surface area contributed by atoms with Crippen molar-refractivity contribution in [3.8, 4) is 0 Å². The van der Waals surface area contributed by atoms with Crippen LogP contribution in [0.2, 0.25) is 0 Å². The van der Waals surface area contributed by atoms with Crippen molar-refractivity contribution in [2.45, 2.75) is 6.42 Å². The second-order valence-electron chi connectivity index (χ2n) is 13.1. The van der Waals surface area contributed by atoms with Crippen molar-refractivity contribution in [1.82, 2.24) is 4.57 Å². The van der Waals surface area contributed by atoms with E-state index in [1.807, 2.05) is 72.0 Å². The summed E-state index contributed by atoms with van der Waals surface area (Å²) in [6, 6.07) is 46.2. The number of aromatic nitrogens is 1. The van der Waals surface area contributed by atoms with Crippen LogP contribution in [0.5, 0.6) is 0 Å². The Balaban J connectivity index is 1.09. The molecule has 3 heterocycles. The van der Waals surface area contributed by atoms with Crippen LogP contribution in [-0.2, 0) is 0 Å². The molecule has 0 bridgehead atoms. The fourth-order valence-corrected chi connectivity index (χ4v) is 8.82. The lowest BCUT2D eigenvalue weighted by Gasteiger charge is -2.20. The van der Waals surface area contributed by atoms with Crippen LogP contribution in [0, 0.1) is 5.92 Å². The number of aliphatic imine (C=N–C) groups is 2. The lowest BCUT2D eigenvalue weighted by molar-refractivity contribution is 0.667. The van der Waals surface area contributed by atoms with E-state index in [-0.39, 0.29) is 5.92 Å². The van der Waals surface area contributed by atoms with E-state index in [4.69, 9.17) is 20.1 Å². The Morgan fingerprint density at radius 3 is 2.37 bits per heavy atom. The summed E-state index contributed by atoms with van der Waals surface area (Å²) in [5.41, 5.74) is 13.8. The first-order valence-electron chi connectivity index (χ1n) is 17.3. The number of rotatable bonds is 5. The Hall–Kier alpha value is -6.24. The standard InChI is InChI=1S/C45H32N4OS/c46-44(29-13-2-1-3-14-29)48-45(35-19-11-22-38-41(35)33-17-5-8-21-37(33)50-38)47-27-28-12-10-15-30(26-28)49-36-20-7-4-16-31(36)32-24-25-40-42(43(32)49)34-18-6-9-23-39(34)51-40/h1-25,28H,26-27H2,(H2,46,47,48). The summed E-state index contributed by atoms with van der Waals surface area (Å²) in [6.45, 7) is 0.550. The molecule has 6 heteroatoms. The van der Waals surface area contributed by atoms with E-state index in [0.717, 1.165) is 39.5 Å². The van der Waals surface area contributed by atoms with Gasteiger partial charge in [-0.05, 0) is 42.8 Å². The van der Waals surface area contributed by atoms with Gasteiger partial charge in [0.05, 0.1) is 11.0 Å². The molecule has 0 aliphatic heterocycles. The van der Waals surface area contributed by atoms with Gasteiger partial charge in [-0.3, -0.25) is 4.99 Å². The molecule has 1 aliphatic rings. The highest BCUT2D eigenvalue weighted by molar-refractivity contribution is 7.26. The molecule has 0 fully saturated rings. The first-order valence-corrected chi connectivity index (χ1v) is 18.1. The zero-order valence-corrected chi connectivity index (χ0v) is 28.5. The predicted octanol–water partition coefficient (Wildman–Crippen LogP) is 11.3. The summed E-state index contributed by atoms with van der Waals surface area (Å²) in [5, 5.41) is 7.20. The second-order valence-corrected chi connectivity index (χ2v) is 14.2. The van der Waals surface area contributed by atoms with Crippen molar-refractivity contribution >= 4 is 92.6 Å². The highest BCUT2D eigenvalue weighted by Gasteiger charge is 2.22. The summed E-state index contributed by atoms with van der Waals surface area (Å²) >= 11 is 1.86. The van der Waals surface area contributed by atoms with Crippen LogP contribution in [-0.4, -0.2) is 22.8 Å². The van der Waals surface area contributed by atoms with Gasteiger partial charge in [-0.1, -0.05) is 115 Å². The Morgan fingerprint density at radius 2 is 1.47 bits per heavy atom. The number of furan rings is 1. The lowest BCUT2D eigenvalue weighted by Crippen LogP contribution is -2.17. The van der Waals surface area contributed by atoms with Gasteiger partial charge >= 0.3 is 0 Å². The van der Waals surface area contributed by atoms with Gasteiger partial charge in [0.15, 0.2) is 5.84 Å². The van der Waals surface area contributed by atoms with Gasteiger partial charge in [0, 0.05) is 71.0 Å². The number of allylic oxidation sites excluding steroid dienone is 3. The van der Waals surface area contributed by atoms with E-state index in [2.05, 4.69) is 95.6 Å². The maximum Gasteiger partial charge on any atom is 0.157 e. The number of nitrogens with two attached hydrogens (primary N) is 1. The molecular weight excluding hydrogens is 645 g/mol. The summed E-state index contributed by atoms with van der Waals surface area (Å²) in [7, 11) is 0. The van der Waals surface area contributed by atoms with Crippen LogP contribution in [0.15, 0.2) is 166 Å². The van der Waals surface area contributed by atoms with E-state index in [1.54, 1.807) is 0 Å². The minimum atomic E-state index is 0.156. The Kier molecular flexibility index (Phi) is 6.96. The molecule has 1 atom stereocenters. The van der Waals surface area contributed by atoms with Crippen molar-refractivity contribution in [3.63, 3.8) is 0 Å². The lowest BCUT2D eigenvalue weighted by atomic mass is 9.97. The molecule has 0 spiro atoms. The van der Waals surface area contributed by atoms with E-state index in [1.165, 1.54) is 47.7 Å². The molecule has 1 unspecified atom stereocenters. The molecule has 10 rings (SSSR count). The van der Waals surface area contributed by atoms with Crippen molar-refractivity contribution < 1.29 is 4.42 Å². The smallest absolute Gasteiger partial charge is 0.157 e. The Bertz CT molecular complexity index is 2940. The molecule has 0 saturated heterocycles.